The molecule has 8 heteroatoms. The van der Waals surface area contributed by atoms with Crippen LogP contribution in [-0.2, 0) is 16.6 Å². The van der Waals surface area contributed by atoms with Crippen LogP contribution in [0.25, 0.3) is 0 Å². The lowest BCUT2D eigenvalue weighted by atomic mass is 10.2. The lowest BCUT2D eigenvalue weighted by molar-refractivity contribution is 0.250. The summed E-state index contributed by atoms with van der Waals surface area (Å²) in [5.74, 6) is 0. The van der Waals surface area contributed by atoms with Crippen LogP contribution in [0, 0.1) is 0 Å². The van der Waals surface area contributed by atoms with Crippen LogP contribution in [0.1, 0.15) is 24.8 Å². The Morgan fingerprint density at radius 3 is 2.80 bits per heavy atom. The van der Waals surface area contributed by atoms with E-state index in [0.29, 0.717) is 24.7 Å². The van der Waals surface area contributed by atoms with Crippen LogP contribution in [-0.4, -0.2) is 65.1 Å². The third-order valence-corrected chi connectivity index (χ3v) is 6.11. The first kappa shape index (κ1) is 14.0. The highest BCUT2D eigenvalue weighted by Crippen LogP contribution is 2.26. The Morgan fingerprint density at radius 2 is 2.10 bits per heavy atom. The van der Waals surface area contributed by atoms with E-state index in [4.69, 9.17) is 0 Å². The van der Waals surface area contributed by atoms with Gasteiger partial charge in [-0.05, 0) is 32.4 Å². The van der Waals surface area contributed by atoms with Gasteiger partial charge < -0.3 is 5.11 Å². The standard InChI is InChI=1S/C12H20N4O3S/c17-9-10-7-13-14-12(10)20(18,19)16-6-3-11(8-16)15-4-1-2-5-15/h7,11,17H,1-6,8-9H2,(H,13,14). The van der Waals surface area contributed by atoms with E-state index < -0.39 is 10.0 Å². The zero-order valence-electron chi connectivity index (χ0n) is 11.3. The number of aromatic nitrogens is 2. The average molecular weight is 300 g/mol. The van der Waals surface area contributed by atoms with Crippen molar-refractivity contribution in [3.05, 3.63) is 11.8 Å². The molecule has 0 amide bonds. The molecule has 2 fully saturated rings. The summed E-state index contributed by atoms with van der Waals surface area (Å²) in [6, 6.07) is 0.327. The van der Waals surface area contributed by atoms with Crippen LogP contribution in [0.3, 0.4) is 0 Å². The lowest BCUT2D eigenvalue weighted by Gasteiger charge is -2.23. The first-order chi connectivity index (χ1) is 9.63. The molecular formula is C12H20N4O3S. The first-order valence-electron chi connectivity index (χ1n) is 7.00. The van der Waals surface area contributed by atoms with Gasteiger partial charge in [0.05, 0.1) is 12.8 Å². The second-order valence-corrected chi connectivity index (χ2v) is 7.31. The van der Waals surface area contributed by atoms with Crippen LogP contribution in [0.15, 0.2) is 11.2 Å². The molecule has 0 aromatic carbocycles. The number of H-pyrrole nitrogens is 1. The number of nitrogens with zero attached hydrogens (tertiary/aromatic N) is 3. The number of likely N-dealkylation sites (tertiary alicyclic amines) is 1. The number of hydrogen-bond donors (Lipinski definition) is 2. The number of nitrogens with one attached hydrogen (secondary N) is 1. The summed E-state index contributed by atoms with van der Waals surface area (Å²) >= 11 is 0. The van der Waals surface area contributed by atoms with Crippen molar-refractivity contribution < 1.29 is 13.5 Å². The van der Waals surface area contributed by atoms with Gasteiger partial charge in [-0.2, -0.15) is 9.40 Å². The average Bonchev–Trinajstić information content (AvgIpc) is 3.17. The fraction of sp³-hybridized carbons (Fsp3) is 0.750. The van der Waals surface area contributed by atoms with E-state index in [2.05, 4.69) is 15.1 Å². The molecule has 1 aromatic rings. The number of aromatic amines is 1. The van der Waals surface area contributed by atoms with Gasteiger partial charge in [0.1, 0.15) is 0 Å². The Balaban J connectivity index is 1.76. The lowest BCUT2D eigenvalue weighted by Crippen LogP contribution is -2.37. The zero-order valence-corrected chi connectivity index (χ0v) is 12.1. The van der Waals surface area contributed by atoms with E-state index in [1.54, 1.807) is 0 Å². The summed E-state index contributed by atoms with van der Waals surface area (Å²) in [5.41, 5.74) is 0.328. The summed E-state index contributed by atoms with van der Waals surface area (Å²) in [7, 11) is -3.57. The van der Waals surface area contributed by atoms with Crippen LogP contribution in [0.4, 0.5) is 0 Å². The summed E-state index contributed by atoms with van der Waals surface area (Å²) in [6.45, 7) is 2.89. The predicted octanol–water partition coefficient (Wildman–Crippen LogP) is -0.239. The predicted molar refractivity (Wildman–Crippen MR) is 72.5 cm³/mol. The van der Waals surface area contributed by atoms with Gasteiger partial charge in [0.15, 0.2) is 5.03 Å². The molecule has 2 aliphatic rings. The van der Waals surface area contributed by atoms with Crippen LogP contribution >= 0.6 is 0 Å². The minimum Gasteiger partial charge on any atom is -0.392 e. The number of rotatable bonds is 4. The monoisotopic (exact) mass is 300 g/mol. The normalized spacial score (nSPS) is 25.6. The van der Waals surface area contributed by atoms with E-state index in [1.165, 1.54) is 23.3 Å². The van der Waals surface area contributed by atoms with Gasteiger partial charge in [-0.1, -0.05) is 0 Å². The summed E-state index contributed by atoms with van der Waals surface area (Å²) < 4.78 is 26.6. The van der Waals surface area contributed by atoms with Crippen molar-refractivity contribution in [3.8, 4) is 0 Å². The minimum atomic E-state index is -3.57. The molecule has 2 aliphatic heterocycles. The van der Waals surface area contributed by atoms with E-state index in [-0.39, 0.29) is 11.6 Å². The quantitative estimate of drug-likeness (QED) is 0.801. The van der Waals surface area contributed by atoms with Crippen LogP contribution in [0.5, 0.6) is 0 Å². The molecule has 7 nitrogen and oxygen atoms in total. The molecular weight excluding hydrogens is 280 g/mol. The highest BCUT2D eigenvalue weighted by molar-refractivity contribution is 7.89. The molecule has 0 saturated carbocycles. The molecule has 112 valence electrons. The second-order valence-electron chi connectivity index (χ2n) is 5.43. The molecule has 2 N–H and O–H groups in total. The first-order valence-corrected chi connectivity index (χ1v) is 8.44. The highest BCUT2D eigenvalue weighted by atomic mass is 32.2. The van der Waals surface area contributed by atoms with Gasteiger partial charge >= 0.3 is 0 Å². The Hall–Kier alpha value is -0.960. The highest BCUT2D eigenvalue weighted by Gasteiger charge is 2.37. The molecule has 0 spiro atoms. The second kappa shape index (κ2) is 5.44. The molecule has 1 atom stereocenters. The third kappa shape index (κ3) is 2.37. The third-order valence-electron chi connectivity index (χ3n) is 4.23. The van der Waals surface area contributed by atoms with Crippen molar-refractivity contribution in [2.45, 2.75) is 36.9 Å². The van der Waals surface area contributed by atoms with E-state index in [1.807, 2.05) is 0 Å². The van der Waals surface area contributed by atoms with Crippen molar-refractivity contribution in [1.82, 2.24) is 19.4 Å². The molecule has 0 radical (unpaired) electrons. The number of aliphatic hydroxyl groups is 1. The SMILES string of the molecule is O=S(=O)(c1[nH]ncc1CO)N1CCC(N2CCCC2)C1. The molecule has 3 heterocycles. The van der Waals surface area contributed by atoms with Gasteiger partial charge in [0, 0.05) is 24.7 Å². The summed E-state index contributed by atoms with van der Waals surface area (Å²) in [6.07, 6.45) is 4.65. The fourth-order valence-corrected chi connectivity index (χ4v) is 4.69. The van der Waals surface area contributed by atoms with Crippen LogP contribution < -0.4 is 0 Å². The number of aliphatic hydroxyl groups excluding tert-OH is 1. The van der Waals surface area contributed by atoms with Gasteiger partial charge in [-0.15, -0.1) is 0 Å². The van der Waals surface area contributed by atoms with Crippen molar-refractivity contribution in [1.29, 1.82) is 0 Å². The van der Waals surface area contributed by atoms with Gasteiger partial charge in [-0.25, -0.2) is 8.42 Å². The topological polar surface area (TPSA) is 89.5 Å². The zero-order chi connectivity index (χ0) is 14.2. The Bertz CT molecular complexity index is 565. The van der Waals surface area contributed by atoms with Crippen LogP contribution in [0.2, 0.25) is 0 Å². The molecule has 1 unspecified atom stereocenters. The van der Waals surface area contributed by atoms with E-state index in [9.17, 15) is 13.5 Å². The molecule has 3 rings (SSSR count). The molecule has 0 aliphatic carbocycles. The summed E-state index contributed by atoms with van der Waals surface area (Å²) in [4.78, 5) is 2.38. The smallest absolute Gasteiger partial charge is 0.260 e. The van der Waals surface area contributed by atoms with Gasteiger partial charge in [0.2, 0.25) is 0 Å². The summed E-state index contributed by atoms with van der Waals surface area (Å²) in [5, 5.41) is 15.4. The maximum absolute atomic E-state index is 12.6. The Labute approximate surface area is 118 Å². The molecule has 0 bridgehead atoms. The Morgan fingerprint density at radius 1 is 1.35 bits per heavy atom. The number of hydrogen-bond acceptors (Lipinski definition) is 5. The molecule has 20 heavy (non-hydrogen) atoms. The van der Waals surface area contributed by atoms with Crippen molar-refractivity contribution in [2.24, 2.45) is 0 Å². The largest absolute Gasteiger partial charge is 0.392 e. The minimum absolute atomic E-state index is 0.0297. The van der Waals surface area contributed by atoms with Crippen molar-refractivity contribution in [3.63, 3.8) is 0 Å². The Kier molecular flexibility index (Phi) is 3.80. The van der Waals surface area contributed by atoms with Crippen molar-refractivity contribution >= 4 is 10.0 Å². The molecule has 2 saturated heterocycles. The van der Waals surface area contributed by atoms with Crippen molar-refractivity contribution in [2.75, 3.05) is 26.2 Å². The maximum Gasteiger partial charge on any atom is 0.260 e. The van der Waals surface area contributed by atoms with E-state index in [0.717, 1.165) is 19.5 Å². The molecule has 1 aromatic heterocycles. The van der Waals surface area contributed by atoms with Gasteiger partial charge in [-0.3, -0.25) is 10.00 Å². The number of sulfonamides is 1. The van der Waals surface area contributed by atoms with E-state index >= 15 is 0 Å². The fourth-order valence-electron chi connectivity index (χ4n) is 3.10. The van der Waals surface area contributed by atoms with Gasteiger partial charge in [0.25, 0.3) is 10.0 Å². The maximum atomic E-state index is 12.6.